The molecular weight excluding hydrogens is 396 g/mol. The van der Waals surface area contributed by atoms with Crippen LogP contribution in [0, 0.1) is 5.92 Å². The number of anilines is 1. The van der Waals surface area contributed by atoms with Crippen molar-refractivity contribution in [1.82, 2.24) is 25.0 Å². The SMILES string of the molecule is C[C@@H]1CCC[C@H](C)N1CCCNC(=O)[C@H]1CCCN(c2nnc(-n3cccc3)s2)C1. The maximum Gasteiger partial charge on any atom is 0.224 e. The number of amides is 1. The molecule has 1 N–H and O–H groups in total. The molecule has 8 heteroatoms. The Kier molecular flexibility index (Phi) is 7.04. The molecule has 0 unspecified atom stereocenters. The Morgan fingerprint density at radius 1 is 1.10 bits per heavy atom. The number of carbonyl (C=O) groups is 1. The first-order valence-electron chi connectivity index (χ1n) is 11.4. The number of nitrogens with one attached hydrogen (secondary N) is 1. The van der Waals surface area contributed by atoms with Gasteiger partial charge < -0.3 is 10.2 Å². The molecular formula is C22H34N6OS. The minimum Gasteiger partial charge on any atom is -0.356 e. The van der Waals surface area contributed by atoms with Crippen molar-refractivity contribution < 1.29 is 4.79 Å². The first kappa shape index (κ1) is 21.3. The molecule has 0 aromatic carbocycles. The molecule has 2 aliphatic heterocycles. The summed E-state index contributed by atoms with van der Waals surface area (Å²) < 4.78 is 1.97. The summed E-state index contributed by atoms with van der Waals surface area (Å²) in [5.41, 5.74) is 0. The van der Waals surface area contributed by atoms with Crippen molar-refractivity contribution >= 4 is 22.4 Å². The summed E-state index contributed by atoms with van der Waals surface area (Å²) in [4.78, 5) is 17.6. The van der Waals surface area contributed by atoms with Crippen molar-refractivity contribution in [1.29, 1.82) is 0 Å². The average molecular weight is 431 g/mol. The fourth-order valence-corrected chi connectivity index (χ4v) is 5.65. The van der Waals surface area contributed by atoms with Gasteiger partial charge in [-0.2, -0.15) is 0 Å². The van der Waals surface area contributed by atoms with E-state index in [1.165, 1.54) is 19.3 Å². The topological polar surface area (TPSA) is 66.3 Å². The molecule has 0 spiro atoms. The number of rotatable bonds is 7. The highest BCUT2D eigenvalue weighted by atomic mass is 32.1. The molecule has 30 heavy (non-hydrogen) atoms. The predicted octanol–water partition coefficient (Wildman–Crippen LogP) is 3.31. The van der Waals surface area contributed by atoms with E-state index in [2.05, 4.69) is 39.2 Å². The molecule has 1 amide bonds. The smallest absolute Gasteiger partial charge is 0.224 e. The highest BCUT2D eigenvalue weighted by molar-refractivity contribution is 7.17. The second kappa shape index (κ2) is 9.92. The highest BCUT2D eigenvalue weighted by Gasteiger charge is 2.28. The van der Waals surface area contributed by atoms with E-state index < -0.39 is 0 Å². The Hall–Kier alpha value is -1.93. The van der Waals surface area contributed by atoms with Gasteiger partial charge in [-0.05, 0) is 58.1 Å². The van der Waals surface area contributed by atoms with Gasteiger partial charge in [0.15, 0.2) is 0 Å². The van der Waals surface area contributed by atoms with E-state index in [0.29, 0.717) is 12.1 Å². The summed E-state index contributed by atoms with van der Waals surface area (Å²) in [6, 6.07) is 5.29. The fourth-order valence-electron chi connectivity index (χ4n) is 4.80. The minimum atomic E-state index is 0.0329. The van der Waals surface area contributed by atoms with Gasteiger partial charge >= 0.3 is 0 Å². The van der Waals surface area contributed by atoms with Crippen LogP contribution in [0.5, 0.6) is 0 Å². The van der Waals surface area contributed by atoms with Crippen molar-refractivity contribution in [3.8, 4) is 5.13 Å². The first-order chi connectivity index (χ1) is 14.6. The zero-order valence-corrected chi connectivity index (χ0v) is 19.0. The first-order valence-corrected chi connectivity index (χ1v) is 12.2. The summed E-state index contributed by atoms with van der Waals surface area (Å²) in [6.07, 6.45) is 10.9. The molecule has 2 aromatic rings. The van der Waals surface area contributed by atoms with Crippen molar-refractivity contribution in [2.24, 2.45) is 5.92 Å². The van der Waals surface area contributed by atoms with E-state index in [0.717, 1.165) is 55.7 Å². The summed E-state index contributed by atoms with van der Waals surface area (Å²) in [6.45, 7) is 8.18. The second-order valence-corrected chi connectivity index (χ2v) is 9.69. The molecule has 2 fully saturated rings. The van der Waals surface area contributed by atoms with Crippen molar-refractivity contribution in [2.45, 2.75) is 64.5 Å². The van der Waals surface area contributed by atoms with E-state index >= 15 is 0 Å². The van der Waals surface area contributed by atoms with Gasteiger partial charge in [-0.1, -0.05) is 17.8 Å². The van der Waals surface area contributed by atoms with Gasteiger partial charge in [0.05, 0.1) is 5.92 Å². The van der Waals surface area contributed by atoms with Crippen molar-refractivity contribution in [3.05, 3.63) is 24.5 Å². The molecule has 4 heterocycles. The van der Waals surface area contributed by atoms with Crippen LogP contribution in [0.25, 0.3) is 5.13 Å². The quantitative estimate of drug-likeness (QED) is 0.683. The van der Waals surface area contributed by atoms with Gasteiger partial charge in [-0.15, -0.1) is 10.2 Å². The normalized spacial score (nSPS) is 25.4. The molecule has 0 saturated carbocycles. The molecule has 164 valence electrons. The summed E-state index contributed by atoms with van der Waals surface area (Å²) in [5.74, 6) is 0.222. The Labute approximate surface area is 183 Å². The van der Waals surface area contributed by atoms with E-state index in [9.17, 15) is 4.79 Å². The largest absolute Gasteiger partial charge is 0.356 e. The number of carbonyl (C=O) groups excluding carboxylic acids is 1. The molecule has 7 nitrogen and oxygen atoms in total. The molecule has 2 aliphatic rings. The number of nitrogens with zero attached hydrogens (tertiary/aromatic N) is 5. The zero-order valence-electron chi connectivity index (χ0n) is 18.2. The number of aromatic nitrogens is 3. The van der Waals surface area contributed by atoms with E-state index in [1.807, 2.05) is 29.1 Å². The van der Waals surface area contributed by atoms with Crippen molar-refractivity contribution in [2.75, 3.05) is 31.1 Å². The average Bonchev–Trinajstić information content (AvgIpc) is 3.44. The number of piperidine rings is 2. The Morgan fingerprint density at radius 3 is 2.60 bits per heavy atom. The van der Waals surface area contributed by atoms with Crippen LogP contribution < -0.4 is 10.2 Å². The Balaban J connectivity index is 1.24. The van der Waals surface area contributed by atoms with Gasteiger partial charge in [0.1, 0.15) is 0 Å². The monoisotopic (exact) mass is 430 g/mol. The molecule has 2 saturated heterocycles. The lowest BCUT2D eigenvalue weighted by molar-refractivity contribution is -0.125. The van der Waals surface area contributed by atoms with Gasteiger partial charge in [0, 0.05) is 50.7 Å². The van der Waals surface area contributed by atoms with Crippen molar-refractivity contribution in [3.63, 3.8) is 0 Å². The Morgan fingerprint density at radius 2 is 1.83 bits per heavy atom. The molecule has 0 radical (unpaired) electrons. The maximum absolute atomic E-state index is 12.8. The molecule has 4 rings (SSSR count). The third-order valence-corrected chi connectivity index (χ3v) is 7.56. The fraction of sp³-hybridized carbons (Fsp3) is 0.682. The predicted molar refractivity (Wildman–Crippen MR) is 121 cm³/mol. The lowest BCUT2D eigenvalue weighted by Crippen LogP contribution is -2.46. The number of hydrogen-bond donors (Lipinski definition) is 1. The van der Waals surface area contributed by atoms with E-state index in [4.69, 9.17) is 0 Å². The van der Waals surface area contributed by atoms with Gasteiger partial charge in [0.25, 0.3) is 0 Å². The van der Waals surface area contributed by atoms with E-state index in [-0.39, 0.29) is 11.8 Å². The molecule has 2 aromatic heterocycles. The lowest BCUT2D eigenvalue weighted by Gasteiger charge is -2.39. The third kappa shape index (κ3) is 5.03. The minimum absolute atomic E-state index is 0.0329. The van der Waals surface area contributed by atoms with Crippen LogP contribution in [0.3, 0.4) is 0 Å². The van der Waals surface area contributed by atoms with Gasteiger partial charge in [-0.25, -0.2) is 0 Å². The Bertz CT molecular complexity index is 796. The van der Waals surface area contributed by atoms with Crippen LogP contribution in [-0.2, 0) is 4.79 Å². The van der Waals surface area contributed by atoms with E-state index in [1.54, 1.807) is 11.3 Å². The van der Waals surface area contributed by atoms with Crippen LogP contribution in [0.2, 0.25) is 0 Å². The molecule has 3 atom stereocenters. The number of likely N-dealkylation sites (tertiary alicyclic amines) is 1. The molecule has 0 bridgehead atoms. The maximum atomic E-state index is 12.8. The van der Waals surface area contributed by atoms with Crippen LogP contribution in [0.15, 0.2) is 24.5 Å². The summed E-state index contributed by atoms with van der Waals surface area (Å²) in [7, 11) is 0. The van der Waals surface area contributed by atoms with Crippen LogP contribution in [0.4, 0.5) is 5.13 Å². The standard InChI is InChI=1S/C22H34N6OS/c1-17-8-5-9-18(2)28(17)15-7-11-23-20(29)19-10-6-14-27(16-19)22-25-24-21(30-22)26-12-3-4-13-26/h3-4,12-13,17-19H,5-11,14-16H2,1-2H3,(H,23,29)/t17-,18+,19-/m0/s1. The van der Waals surface area contributed by atoms with Crippen LogP contribution in [0.1, 0.15) is 52.4 Å². The summed E-state index contributed by atoms with van der Waals surface area (Å²) >= 11 is 1.58. The summed E-state index contributed by atoms with van der Waals surface area (Å²) in [5, 5.41) is 13.6. The van der Waals surface area contributed by atoms with Crippen LogP contribution >= 0.6 is 11.3 Å². The van der Waals surface area contributed by atoms with Gasteiger partial charge in [-0.3, -0.25) is 14.3 Å². The highest BCUT2D eigenvalue weighted by Crippen LogP contribution is 2.28. The zero-order chi connectivity index (χ0) is 20.9. The third-order valence-electron chi connectivity index (χ3n) is 6.56. The second-order valence-electron chi connectivity index (χ2n) is 8.75. The lowest BCUT2D eigenvalue weighted by atomic mass is 9.97. The van der Waals surface area contributed by atoms with Crippen LogP contribution in [-0.4, -0.2) is 63.8 Å². The van der Waals surface area contributed by atoms with Gasteiger partial charge in [0.2, 0.25) is 16.2 Å². The molecule has 0 aliphatic carbocycles. The number of hydrogen-bond acceptors (Lipinski definition) is 6.